The smallest absolute Gasteiger partial charge is 0.267 e. The van der Waals surface area contributed by atoms with Crippen molar-refractivity contribution in [2.24, 2.45) is 0 Å². The minimum absolute atomic E-state index is 0.0874. The molecule has 1 aliphatic rings. The molecule has 0 bridgehead atoms. The van der Waals surface area contributed by atoms with Gasteiger partial charge in [-0.3, -0.25) is 23.9 Å². The van der Waals surface area contributed by atoms with E-state index in [2.05, 4.69) is 15.2 Å². The molecule has 1 aliphatic heterocycles. The third-order valence-corrected chi connectivity index (χ3v) is 7.31. The zero-order valence-electron chi connectivity index (χ0n) is 22.0. The molecule has 10 nitrogen and oxygen atoms in total. The highest BCUT2D eigenvalue weighted by Gasteiger charge is 2.22. The molecule has 0 radical (unpaired) electrons. The summed E-state index contributed by atoms with van der Waals surface area (Å²) in [4.78, 5) is 33.2. The number of fused-ring (bicyclic) bond motifs is 5. The van der Waals surface area contributed by atoms with Crippen LogP contribution in [0, 0.1) is 0 Å². The Morgan fingerprint density at radius 1 is 1.05 bits per heavy atom. The van der Waals surface area contributed by atoms with Crippen molar-refractivity contribution >= 4 is 44.0 Å². The molecular formula is C29H30N4O6. The summed E-state index contributed by atoms with van der Waals surface area (Å²) < 4.78 is 23.9. The monoisotopic (exact) mass is 530 g/mol. The lowest BCUT2D eigenvalue weighted by Gasteiger charge is -2.26. The highest BCUT2D eigenvalue weighted by atomic mass is 16.5. The zero-order chi connectivity index (χ0) is 26.9. The van der Waals surface area contributed by atoms with Crippen molar-refractivity contribution < 1.29 is 23.7 Å². The van der Waals surface area contributed by atoms with E-state index in [-0.39, 0.29) is 18.1 Å². The number of hydrogen-bond donors (Lipinski definition) is 1. The summed E-state index contributed by atoms with van der Waals surface area (Å²) in [5.74, 6) is 1.23. The van der Waals surface area contributed by atoms with Crippen molar-refractivity contribution in [1.29, 1.82) is 0 Å². The molecule has 10 heteroatoms. The maximum atomic E-state index is 13.8. The molecular weight excluding hydrogens is 500 g/mol. The second-order valence-electron chi connectivity index (χ2n) is 9.55. The predicted molar refractivity (Wildman–Crippen MR) is 149 cm³/mol. The highest BCUT2D eigenvalue weighted by Crippen LogP contribution is 2.39. The van der Waals surface area contributed by atoms with Crippen LogP contribution >= 0.6 is 0 Å². The van der Waals surface area contributed by atoms with Gasteiger partial charge in [-0.15, -0.1) is 0 Å². The Morgan fingerprint density at radius 2 is 1.90 bits per heavy atom. The van der Waals surface area contributed by atoms with E-state index in [0.29, 0.717) is 40.1 Å². The average molecular weight is 531 g/mol. The van der Waals surface area contributed by atoms with Gasteiger partial charge in [-0.05, 0) is 49.4 Å². The van der Waals surface area contributed by atoms with Crippen LogP contribution in [0.3, 0.4) is 0 Å². The van der Waals surface area contributed by atoms with Gasteiger partial charge < -0.3 is 24.3 Å². The van der Waals surface area contributed by atoms with Crippen molar-refractivity contribution in [2.75, 3.05) is 60.2 Å². The van der Waals surface area contributed by atoms with Crippen molar-refractivity contribution in [3.8, 4) is 17.2 Å². The fourth-order valence-corrected chi connectivity index (χ4v) is 5.45. The van der Waals surface area contributed by atoms with Gasteiger partial charge in [-0.2, -0.15) is 0 Å². The minimum atomic E-state index is -0.216. The molecule has 2 aromatic carbocycles. The van der Waals surface area contributed by atoms with Crippen LogP contribution in [-0.4, -0.2) is 80.4 Å². The van der Waals surface area contributed by atoms with E-state index in [1.807, 2.05) is 24.3 Å². The number of benzene rings is 2. The van der Waals surface area contributed by atoms with Crippen molar-refractivity contribution in [3.63, 3.8) is 0 Å². The zero-order valence-corrected chi connectivity index (χ0v) is 22.0. The van der Waals surface area contributed by atoms with Crippen LogP contribution in [0.1, 0.15) is 6.42 Å². The van der Waals surface area contributed by atoms with E-state index in [4.69, 9.17) is 18.9 Å². The third-order valence-electron chi connectivity index (χ3n) is 7.31. The first-order chi connectivity index (χ1) is 19.1. The lowest BCUT2D eigenvalue weighted by atomic mass is 10.1. The van der Waals surface area contributed by atoms with Crippen LogP contribution in [0.5, 0.6) is 17.2 Å². The first-order valence-corrected chi connectivity index (χ1v) is 13.0. The first-order valence-electron chi connectivity index (χ1n) is 13.0. The van der Waals surface area contributed by atoms with Gasteiger partial charge >= 0.3 is 0 Å². The SMILES string of the molecule is COc1ccc2c(c1OC)c(=O)n1c3ccc(OCC(=O)NCCCN4CCOCC4)cc3c3ccnc2c31. The van der Waals surface area contributed by atoms with E-state index in [1.165, 1.54) is 7.11 Å². The van der Waals surface area contributed by atoms with Crippen LogP contribution in [0.4, 0.5) is 0 Å². The number of hydrogen-bond acceptors (Lipinski definition) is 8. The highest BCUT2D eigenvalue weighted by molar-refractivity contribution is 6.19. The number of nitrogens with zero attached hydrogens (tertiary/aromatic N) is 3. The number of carbonyl (C=O) groups excluding carboxylic acids is 1. The summed E-state index contributed by atoms with van der Waals surface area (Å²) in [5.41, 5.74) is 1.93. The number of nitrogens with one attached hydrogen (secondary N) is 1. The molecule has 5 aromatic rings. The predicted octanol–water partition coefficient (Wildman–Crippen LogP) is 2.83. The van der Waals surface area contributed by atoms with Crippen molar-refractivity contribution in [3.05, 3.63) is 52.9 Å². The summed E-state index contributed by atoms with van der Waals surface area (Å²) in [5, 5.41) is 5.74. The number of rotatable bonds is 9. The molecule has 202 valence electrons. The van der Waals surface area contributed by atoms with E-state index in [0.717, 1.165) is 61.1 Å². The summed E-state index contributed by atoms with van der Waals surface area (Å²) in [7, 11) is 3.06. The Kier molecular flexibility index (Phi) is 6.80. The van der Waals surface area contributed by atoms with E-state index in [1.54, 1.807) is 29.8 Å². The number of amides is 1. The van der Waals surface area contributed by atoms with E-state index >= 15 is 0 Å². The van der Waals surface area contributed by atoms with Crippen LogP contribution in [0.25, 0.3) is 38.1 Å². The minimum Gasteiger partial charge on any atom is -0.493 e. The normalized spacial score (nSPS) is 14.4. The summed E-state index contributed by atoms with van der Waals surface area (Å²) in [6.07, 6.45) is 2.61. The molecule has 0 saturated carbocycles. The van der Waals surface area contributed by atoms with Crippen LogP contribution in [0.2, 0.25) is 0 Å². The molecule has 1 amide bonds. The van der Waals surface area contributed by atoms with Crippen molar-refractivity contribution in [2.45, 2.75) is 6.42 Å². The van der Waals surface area contributed by atoms with Gasteiger partial charge in [0.05, 0.1) is 49.4 Å². The van der Waals surface area contributed by atoms with Gasteiger partial charge in [-0.25, -0.2) is 0 Å². The molecule has 0 unspecified atom stereocenters. The lowest BCUT2D eigenvalue weighted by Crippen LogP contribution is -2.38. The molecule has 3 aromatic heterocycles. The number of carbonyl (C=O) groups is 1. The van der Waals surface area contributed by atoms with Crippen LogP contribution in [-0.2, 0) is 9.53 Å². The van der Waals surface area contributed by atoms with Gasteiger partial charge in [0.15, 0.2) is 18.1 Å². The van der Waals surface area contributed by atoms with Gasteiger partial charge in [0, 0.05) is 42.0 Å². The van der Waals surface area contributed by atoms with E-state index < -0.39 is 0 Å². The Morgan fingerprint density at radius 3 is 2.69 bits per heavy atom. The standard InChI is InChI=1S/C29H30N4O6/c1-36-23-7-5-20-25(28(23)37-2)29(35)33-22-6-4-18(16-21(22)19-8-10-31-26(20)27(19)33)39-17-24(34)30-9-3-11-32-12-14-38-15-13-32/h4-8,10,16H,3,9,11-15,17H2,1-2H3,(H,30,34). The van der Waals surface area contributed by atoms with E-state index in [9.17, 15) is 9.59 Å². The van der Waals surface area contributed by atoms with Crippen LogP contribution < -0.4 is 25.1 Å². The van der Waals surface area contributed by atoms with Gasteiger partial charge in [0.25, 0.3) is 11.5 Å². The van der Waals surface area contributed by atoms with Crippen molar-refractivity contribution in [1.82, 2.24) is 19.6 Å². The first kappa shape index (κ1) is 25.1. The molecule has 6 rings (SSSR count). The Hall–Kier alpha value is -4.15. The summed E-state index contributed by atoms with van der Waals surface area (Å²) in [6, 6.07) is 11.0. The third kappa shape index (κ3) is 4.45. The van der Waals surface area contributed by atoms with Gasteiger partial charge in [0.1, 0.15) is 5.75 Å². The number of aromatic nitrogens is 2. The lowest BCUT2D eigenvalue weighted by molar-refractivity contribution is -0.123. The van der Waals surface area contributed by atoms with Crippen LogP contribution in [0.15, 0.2) is 47.4 Å². The Bertz CT molecular complexity index is 1730. The molecule has 0 atom stereocenters. The maximum absolute atomic E-state index is 13.8. The number of pyridine rings is 2. The summed E-state index contributed by atoms with van der Waals surface area (Å²) >= 11 is 0. The topological polar surface area (TPSA) is 104 Å². The molecule has 1 fully saturated rings. The van der Waals surface area contributed by atoms with Gasteiger partial charge in [0.2, 0.25) is 0 Å². The molecule has 1 saturated heterocycles. The fraction of sp³-hybridized carbons (Fsp3) is 0.345. The van der Waals surface area contributed by atoms with Gasteiger partial charge in [-0.1, -0.05) is 0 Å². The summed E-state index contributed by atoms with van der Waals surface area (Å²) in [6.45, 7) is 4.86. The Labute approximate surface area is 224 Å². The number of morpholine rings is 1. The molecule has 4 heterocycles. The maximum Gasteiger partial charge on any atom is 0.267 e. The number of ether oxygens (including phenoxy) is 4. The molecule has 1 N–H and O–H groups in total. The average Bonchev–Trinajstić information content (AvgIpc) is 3.31. The quantitative estimate of drug-likeness (QED) is 0.229. The molecule has 0 aliphatic carbocycles. The number of methoxy groups -OCH3 is 2. The second-order valence-corrected chi connectivity index (χ2v) is 9.55. The molecule has 39 heavy (non-hydrogen) atoms. The largest absolute Gasteiger partial charge is 0.493 e. The second kappa shape index (κ2) is 10.5. The Balaban J connectivity index is 1.27. The molecule has 0 spiro atoms. The fourth-order valence-electron chi connectivity index (χ4n) is 5.45.